The molecular formula is C13H17N3O2S. The molecule has 1 heterocycles. The summed E-state index contributed by atoms with van der Waals surface area (Å²) in [6.07, 6.45) is 1.14. The number of nitrogens with one attached hydrogen (secondary N) is 1. The summed E-state index contributed by atoms with van der Waals surface area (Å²) in [4.78, 5) is 0. The fourth-order valence-electron chi connectivity index (χ4n) is 1.90. The van der Waals surface area contributed by atoms with Crippen LogP contribution in [0, 0.1) is 13.8 Å². The van der Waals surface area contributed by atoms with Gasteiger partial charge in [-0.25, -0.2) is 8.42 Å². The quantitative estimate of drug-likeness (QED) is 0.930. The lowest BCUT2D eigenvalue weighted by molar-refractivity contribution is 0.607. The van der Waals surface area contributed by atoms with E-state index in [9.17, 15) is 8.42 Å². The van der Waals surface area contributed by atoms with Gasteiger partial charge in [-0.05, 0) is 37.6 Å². The zero-order valence-electron chi connectivity index (χ0n) is 11.2. The molecule has 0 spiro atoms. The van der Waals surface area contributed by atoms with E-state index in [1.54, 1.807) is 12.1 Å². The standard InChI is InChI=1S/C13H17N3O2S/c1-10-8-11(2)16(14-10)9-12-4-6-13(7-5-12)15-19(3,17)18/h4-8,15H,9H2,1-3H3. The summed E-state index contributed by atoms with van der Waals surface area (Å²) in [6, 6.07) is 9.32. The monoisotopic (exact) mass is 279 g/mol. The summed E-state index contributed by atoms with van der Waals surface area (Å²) in [5.41, 5.74) is 3.74. The van der Waals surface area contributed by atoms with Crippen molar-refractivity contribution >= 4 is 15.7 Å². The second-order valence-electron chi connectivity index (χ2n) is 4.66. The summed E-state index contributed by atoms with van der Waals surface area (Å²) in [7, 11) is -3.22. The largest absolute Gasteiger partial charge is 0.284 e. The van der Waals surface area contributed by atoms with Crippen molar-refractivity contribution in [2.24, 2.45) is 0 Å². The molecule has 0 atom stereocenters. The van der Waals surface area contributed by atoms with Crippen LogP contribution in [0.4, 0.5) is 5.69 Å². The van der Waals surface area contributed by atoms with Crippen LogP contribution in [0.1, 0.15) is 17.0 Å². The summed E-state index contributed by atoms with van der Waals surface area (Å²) in [6.45, 7) is 4.65. The van der Waals surface area contributed by atoms with Crippen molar-refractivity contribution in [3.05, 3.63) is 47.3 Å². The molecule has 0 fully saturated rings. The Kier molecular flexibility index (Phi) is 3.61. The first kappa shape index (κ1) is 13.6. The molecule has 0 aliphatic carbocycles. The van der Waals surface area contributed by atoms with Crippen molar-refractivity contribution in [1.29, 1.82) is 0 Å². The Bertz CT molecular complexity index is 672. The second kappa shape index (κ2) is 5.05. The van der Waals surface area contributed by atoms with Gasteiger partial charge >= 0.3 is 0 Å². The third kappa shape index (κ3) is 3.82. The molecule has 1 aromatic heterocycles. The molecule has 0 saturated heterocycles. The summed E-state index contributed by atoms with van der Waals surface area (Å²) < 4.78 is 26.6. The Hall–Kier alpha value is -1.82. The highest BCUT2D eigenvalue weighted by molar-refractivity contribution is 7.92. The van der Waals surface area contributed by atoms with Gasteiger partial charge in [-0.15, -0.1) is 0 Å². The Labute approximate surface area is 113 Å². The molecule has 5 nitrogen and oxygen atoms in total. The number of aromatic nitrogens is 2. The lowest BCUT2D eigenvalue weighted by atomic mass is 10.2. The van der Waals surface area contributed by atoms with E-state index >= 15 is 0 Å². The third-order valence-corrected chi connectivity index (χ3v) is 3.30. The molecule has 0 aliphatic rings. The minimum absolute atomic E-state index is 0.569. The van der Waals surface area contributed by atoms with Gasteiger partial charge in [0.25, 0.3) is 0 Å². The fourth-order valence-corrected chi connectivity index (χ4v) is 2.46. The molecule has 0 radical (unpaired) electrons. The van der Waals surface area contributed by atoms with Gasteiger partial charge in [0.1, 0.15) is 0 Å². The van der Waals surface area contributed by atoms with E-state index in [1.807, 2.05) is 36.7 Å². The summed E-state index contributed by atoms with van der Waals surface area (Å²) >= 11 is 0. The average molecular weight is 279 g/mol. The first-order chi connectivity index (χ1) is 8.83. The van der Waals surface area contributed by atoms with Crippen LogP contribution in [-0.4, -0.2) is 24.5 Å². The maximum Gasteiger partial charge on any atom is 0.229 e. The molecule has 1 N–H and O–H groups in total. The predicted molar refractivity (Wildman–Crippen MR) is 75.7 cm³/mol. The van der Waals surface area contributed by atoms with Crippen LogP contribution in [0.3, 0.4) is 0 Å². The van der Waals surface area contributed by atoms with Crippen molar-refractivity contribution in [3.8, 4) is 0 Å². The predicted octanol–water partition coefficient (Wildman–Crippen LogP) is 1.92. The van der Waals surface area contributed by atoms with Gasteiger partial charge in [0, 0.05) is 11.4 Å². The third-order valence-electron chi connectivity index (χ3n) is 2.69. The highest BCUT2D eigenvalue weighted by Gasteiger charge is 2.04. The lowest BCUT2D eigenvalue weighted by Crippen LogP contribution is -2.09. The molecule has 2 aromatic rings. The molecule has 19 heavy (non-hydrogen) atoms. The Balaban J connectivity index is 2.13. The number of benzene rings is 1. The molecule has 0 saturated carbocycles. The van der Waals surface area contributed by atoms with Crippen molar-refractivity contribution in [2.75, 3.05) is 11.0 Å². The normalized spacial score (nSPS) is 11.5. The van der Waals surface area contributed by atoms with Gasteiger partial charge in [0.15, 0.2) is 0 Å². The van der Waals surface area contributed by atoms with E-state index in [0.29, 0.717) is 12.2 Å². The van der Waals surface area contributed by atoms with Crippen LogP contribution < -0.4 is 4.72 Å². The second-order valence-corrected chi connectivity index (χ2v) is 6.40. The van der Waals surface area contributed by atoms with E-state index < -0.39 is 10.0 Å². The average Bonchev–Trinajstić information content (AvgIpc) is 2.58. The zero-order valence-corrected chi connectivity index (χ0v) is 12.0. The van der Waals surface area contributed by atoms with Crippen molar-refractivity contribution in [1.82, 2.24) is 9.78 Å². The maximum absolute atomic E-state index is 11.1. The number of rotatable bonds is 4. The molecule has 0 bridgehead atoms. The van der Waals surface area contributed by atoms with E-state index in [-0.39, 0.29) is 0 Å². The minimum atomic E-state index is -3.22. The number of hydrogen-bond donors (Lipinski definition) is 1. The molecule has 2 rings (SSSR count). The van der Waals surface area contributed by atoms with Crippen LogP contribution in [0.5, 0.6) is 0 Å². The van der Waals surface area contributed by atoms with Crippen molar-refractivity contribution < 1.29 is 8.42 Å². The lowest BCUT2D eigenvalue weighted by Gasteiger charge is -2.07. The molecule has 0 aliphatic heterocycles. The molecule has 6 heteroatoms. The highest BCUT2D eigenvalue weighted by Crippen LogP contribution is 2.13. The minimum Gasteiger partial charge on any atom is -0.284 e. The summed E-state index contributed by atoms with van der Waals surface area (Å²) in [5.74, 6) is 0. The van der Waals surface area contributed by atoms with Crippen LogP contribution in [-0.2, 0) is 16.6 Å². The van der Waals surface area contributed by atoms with Crippen LogP contribution in [0.15, 0.2) is 30.3 Å². The molecule has 0 amide bonds. The van der Waals surface area contributed by atoms with Crippen LogP contribution >= 0.6 is 0 Å². The smallest absolute Gasteiger partial charge is 0.229 e. The molecule has 0 unspecified atom stereocenters. The first-order valence-electron chi connectivity index (χ1n) is 5.91. The van der Waals surface area contributed by atoms with Gasteiger partial charge in [0.2, 0.25) is 10.0 Å². The van der Waals surface area contributed by atoms with Crippen molar-refractivity contribution in [2.45, 2.75) is 20.4 Å². The highest BCUT2D eigenvalue weighted by atomic mass is 32.2. The van der Waals surface area contributed by atoms with Crippen molar-refractivity contribution in [3.63, 3.8) is 0 Å². The molecule has 1 aromatic carbocycles. The Morgan fingerprint density at radius 1 is 1.21 bits per heavy atom. The first-order valence-corrected chi connectivity index (χ1v) is 7.80. The van der Waals surface area contributed by atoms with Gasteiger partial charge in [-0.3, -0.25) is 9.40 Å². The number of nitrogens with zero attached hydrogens (tertiary/aromatic N) is 2. The Morgan fingerprint density at radius 3 is 2.32 bits per heavy atom. The van der Waals surface area contributed by atoms with Gasteiger partial charge < -0.3 is 0 Å². The van der Waals surface area contributed by atoms with Crippen LogP contribution in [0.25, 0.3) is 0 Å². The fraction of sp³-hybridized carbons (Fsp3) is 0.308. The van der Waals surface area contributed by atoms with Gasteiger partial charge in [-0.2, -0.15) is 5.10 Å². The number of aryl methyl sites for hydroxylation is 2. The molecule has 102 valence electrons. The van der Waals surface area contributed by atoms with E-state index in [2.05, 4.69) is 9.82 Å². The number of hydrogen-bond acceptors (Lipinski definition) is 3. The number of sulfonamides is 1. The van der Waals surface area contributed by atoms with E-state index in [0.717, 1.165) is 23.2 Å². The van der Waals surface area contributed by atoms with E-state index in [1.165, 1.54) is 0 Å². The maximum atomic E-state index is 11.1. The number of anilines is 1. The van der Waals surface area contributed by atoms with E-state index in [4.69, 9.17) is 0 Å². The topological polar surface area (TPSA) is 64.0 Å². The Morgan fingerprint density at radius 2 is 1.84 bits per heavy atom. The SMILES string of the molecule is Cc1cc(C)n(Cc2ccc(NS(C)(=O)=O)cc2)n1. The van der Waals surface area contributed by atoms with Gasteiger partial charge in [-0.1, -0.05) is 12.1 Å². The summed E-state index contributed by atoms with van der Waals surface area (Å²) in [5, 5.41) is 4.39. The zero-order chi connectivity index (χ0) is 14.0. The van der Waals surface area contributed by atoms with Gasteiger partial charge in [0.05, 0.1) is 18.5 Å². The van der Waals surface area contributed by atoms with Crippen LogP contribution in [0.2, 0.25) is 0 Å². The molecular weight excluding hydrogens is 262 g/mol.